The van der Waals surface area contributed by atoms with E-state index in [9.17, 15) is 0 Å². The summed E-state index contributed by atoms with van der Waals surface area (Å²) in [5.74, 6) is 0. The molecule has 0 aromatic rings. The van der Waals surface area contributed by atoms with Gasteiger partial charge in [0.15, 0.2) is 0 Å². The van der Waals surface area contributed by atoms with Crippen molar-refractivity contribution in [3.8, 4) is 0 Å². The van der Waals surface area contributed by atoms with Gasteiger partial charge in [-0.2, -0.15) is 0 Å². The van der Waals surface area contributed by atoms with Crippen LogP contribution in [0.25, 0.3) is 0 Å². The van der Waals surface area contributed by atoms with Gasteiger partial charge in [0.05, 0.1) is 0 Å². The molecule has 0 bridgehead atoms. The first-order valence-electron chi connectivity index (χ1n) is 5.93. The lowest BCUT2D eigenvalue weighted by Gasteiger charge is -2.36. The van der Waals surface area contributed by atoms with Gasteiger partial charge < -0.3 is 10.2 Å². The van der Waals surface area contributed by atoms with Crippen LogP contribution in [-0.2, 0) is 0 Å². The fraction of sp³-hybridized carbons (Fsp3) is 1.00. The van der Waals surface area contributed by atoms with Crippen molar-refractivity contribution in [1.29, 1.82) is 0 Å². The van der Waals surface area contributed by atoms with Crippen molar-refractivity contribution in [2.24, 2.45) is 5.41 Å². The molecule has 0 radical (unpaired) electrons. The molecule has 0 aromatic heterocycles. The molecule has 0 aliphatic rings. The van der Waals surface area contributed by atoms with Crippen LogP contribution >= 0.6 is 0 Å². The maximum Gasteiger partial charge on any atom is 0.0102 e. The first-order chi connectivity index (χ1) is 6.47. The van der Waals surface area contributed by atoms with E-state index < -0.39 is 0 Å². The summed E-state index contributed by atoms with van der Waals surface area (Å²) in [6, 6.07) is 0.577. The Bertz CT molecular complexity index is 139. The Morgan fingerprint density at radius 2 is 1.64 bits per heavy atom. The third-order valence-corrected chi connectivity index (χ3v) is 3.21. The smallest absolute Gasteiger partial charge is 0.0102 e. The standard InChI is InChI=1S/C12H28N2/c1-7-13-11(4)12(5,6)10-14(8-2)9-3/h11,13H,7-10H2,1-6H3. The van der Waals surface area contributed by atoms with E-state index in [1.807, 2.05) is 0 Å². The van der Waals surface area contributed by atoms with Crippen molar-refractivity contribution in [2.45, 2.75) is 47.6 Å². The Balaban J connectivity index is 4.15. The van der Waals surface area contributed by atoms with Gasteiger partial charge in [0, 0.05) is 12.6 Å². The molecule has 0 spiro atoms. The number of hydrogen-bond donors (Lipinski definition) is 1. The number of rotatable bonds is 7. The van der Waals surface area contributed by atoms with Crippen LogP contribution in [0.3, 0.4) is 0 Å². The van der Waals surface area contributed by atoms with Crippen LogP contribution in [0.15, 0.2) is 0 Å². The van der Waals surface area contributed by atoms with Crippen LogP contribution in [-0.4, -0.2) is 37.1 Å². The Morgan fingerprint density at radius 3 is 2.00 bits per heavy atom. The lowest BCUT2D eigenvalue weighted by Crippen LogP contribution is -2.46. The minimum absolute atomic E-state index is 0.349. The first kappa shape index (κ1) is 13.9. The van der Waals surface area contributed by atoms with E-state index in [1.165, 1.54) is 6.54 Å². The molecule has 1 atom stereocenters. The zero-order valence-corrected chi connectivity index (χ0v) is 10.9. The highest BCUT2D eigenvalue weighted by molar-refractivity contribution is 4.83. The van der Waals surface area contributed by atoms with Crippen LogP contribution in [0.2, 0.25) is 0 Å². The minimum atomic E-state index is 0.349. The minimum Gasteiger partial charge on any atom is -0.314 e. The molecule has 14 heavy (non-hydrogen) atoms. The van der Waals surface area contributed by atoms with E-state index in [4.69, 9.17) is 0 Å². The van der Waals surface area contributed by atoms with Crippen molar-refractivity contribution in [3.63, 3.8) is 0 Å². The van der Waals surface area contributed by atoms with Gasteiger partial charge in [-0.25, -0.2) is 0 Å². The molecule has 0 rings (SSSR count). The van der Waals surface area contributed by atoms with Gasteiger partial charge in [0.1, 0.15) is 0 Å². The number of nitrogens with zero attached hydrogens (tertiary/aromatic N) is 1. The maximum atomic E-state index is 3.51. The Hall–Kier alpha value is -0.0800. The summed E-state index contributed by atoms with van der Waals surface area (Å²) in [7, 11) is 0. The molecule has 0 saturated heterocycles. The average molecular weight is 200 g/mol. The highest BCUT2D eigenvalue weighted by Crippen LogP contribution is 2.21. The molecular weight excluding hydrogens is 172 g/mol. The van der Waals surface area contributed by atoms with Gasteiger partial charge in [-0.1, -0.05) is 34.6 Å². The quantitative estimate of drug-likeness (QED) is 0.678. The van der Waals surface area contributed by atoms with Gasteiger partial charge in [0.25, 0.3) is 0 Å². The van der Waals surface area contributed by atoms with Crippen LogP contribution in [0.5, 0.6) is 0 Å². The summed E-state index contributed by atoms with van der Waals surface area (Å²) in [4.78, 5) is 2.49. The second kappa shape index (κ2) is 6.41. The van der Waals surface area contributed by atoms with Crippen molar-refractivity contribution >= 4 is 0 Å². The van der Waals surface area contributed by atoms with E-state index in [-0.39, 0.29) is 0 Å². The summed E-state index contributed by atoms with van der Waals surface area (Å²) < 4.78 is 0. The summed E-state index contributed by atoms with van der Waals surface area (Å²) in [5, 5.41) is 3.51. The predicted molar refractivity (Wildman–Crippen MR) is 64.7 cm³/mol. The topological polar surface area (TPSA) is 15.3 Å². The van der Waals surface area contributed by atoms with E-state index in [1.54, 1.807) is 0 Å². The van der Waals surface area contributed by atoms with Gasteiger partial charge in [0.2, 0.25) is 0 Å². The molecule has 2 nitrogen and oxygen atoms in total. The van der Waals surface area contributed by atoms with Crippen LogP contribution < -0.4 is 5.32 Å². The normalized spacial score (nSPS) is 14.8. The van der Waals surface area contributed by atoms with Crippen molar-refractivity contribution in [2.75, 3.05) is 26.2 Å². The van der Waals surface area contributed by atoms with E-state index in [2.05, 4.69) is 51.8 Å². The van der Waals surface area contributed by atoms with E-state index >= 15 is 0 Å². The van der Waals surface area contributed by atoms with Gasteiger partial charge in [-0.05, 0) is 32.0 Å². The SMILES string of the molecule is CCNC(C)C(C)(C)CN(CC)CC. The molecule has 0 amide bonds. The molecule has 86 valence electrons. The zero-order valence-electron chi connectivity index (χ0n) is 10.9. The highest BCUT2D eigenvalue weighted by atomic mass is 15.1. The molecule has 0 aromatic carbocycles. The fourth-order valence-electron chi connectivity index (χ4n) is 1.74. The van der Waals surface area contributed by atoms with E-state index in [0.29, 0.717) is 11.5 Å². The zero-order chi connectivity index (χ0) is 11.2. The largest absolute Gasteiger partial charge is 0.314 e. The van der Waals surface area contributed by atoms with Crippen molar-refractivity contribution in [3.05, 3.63) is 0 Å². The summed E-state index contributed by atoms with van der Waals surface area (Å²) in [6.07, 6.45) is 0. The van der Waals surface area contributed by atoms with Crippen molar-refractivity contribution < 1.29 is 0 Å². The van der Waals surface area contributed by atoms with E-state index in [0.717, 1.165) is 19.6 Å². The molecular formula is C12H28N2. The van der Waals surface area contributed by atoms with Crippen molar-refractivity contribution in [1.82, 2.24) is 10.2 Å². The summed E-state index contributed by atoms with van der Waals surface area (Å²) in [5.41, 5.74) is 0.349. The van der Waals surface area contributed by atoms with Crippen LogP contribution in [0, 0.1) is 5.41 Å². The molecule has 1 N–H and O–H groups in total. The van der Waals surface area contributed by atoms with Gasteiger partial charge >= 0.3 is 0 Å². The predicted octanol–water partition coefficient (Wildman–Crippen LogP) is 2.35. The second-order valence-electron chi connectivity index (χ2n) is 4.73. The first-order valence-corrected chi connectivity index (χ1v) is 5.93. The van der Waals surface area contributed by atoms with Gasteiger partial charge in [-0.3, -0.25) is 0 Å². The monoisotopic (exact) mass is 200 g/mol. The molecule has 0 heterocycles. The lowest BCUT2D eigenvalue weighted by atomic mass is 9.84. The average Bonchev–Trinajstić information content (AvgIpc) is 2.14. The molecule has 2 heteroatoms. The molecule has 0 saturated carbocycles. The third kappa shape index (κ3) is 4.43. The Morgan fingerprint density at radius 1 is 1.14 bits per heavy atom. The molecule has 0 aliphatic heterocycles. The molecule has 0 aliphatic carbocycles. The maximum absolute atomic E-state index is 3.51. The van der Waals surface area contributed by atoms with Crippen LogP contribution in [0.1, 0.15) is 41.5 Å². The Labute approximate surface area is 90.1 Å². The summed E-state index contributed by atoms with van der Waals surface area (Å²) >= 11 is 0. The second-order valence-corrected chi connectivity index (χ2v) is 4.73. The van der Waals surface area contributed by atoms with Gasteiger partial charge in [-0.15, -0.1) is 0 Å². The molecule has 1 unspecified atom stereocenters. The number of nitrogens with one attached hydrogen (secondary N) is 1. The van der Waals surface area contributed by atoms with Crippen LogP contribution in [0.4, 0.5) is 0 Å². The molecule has 0 fully saturated rings. The third-order valence-electron chi connectivity index (χ3n) is 3.21. The summed E-state index contributed by atoms with van der Waals surface area (Å²) in [6.45, 7) is 18.2. The number of hydrogen-bond acceptors (Lipinski definition) is 2. The fourth-order valence-corrected chi connectivity index (χ4v) is 1.74. The lowest BCUT2D eigenvalue weighted by molar-refractivity contribution is 0.153. The highest BCUT2D eigenvalue weighted by Gasteiger charge is 2.26. The Kier molecular flexibility index (Phi) is 6.38.